The lowest BCUT2D eigenvalue weighted by Crippen LogP contribution is -2.08. The van der Waals surface area contributed by atoms with E-state index in [0.29, 0.717) is 11.4 Å². The predicted molar refractivity (Wildman–Crippen MR) is 82.4 cm³/mol. The molecule has 1 aromatic heterocycles. The molecular formula is C16H26N2O2. The molecule has 1 aromatic rings. The Balaban J connectivity index is 2.57. The lowest BCUT2D eigenvalue weighted by molar-refractivity contribution is 0.0696. The summed E-state index contributed by atoms with van der Waals surface area (Å²) in [6, 6.07) is 3.28. The summed E-state index contributed by atoms with van der Waals surface area (Å²) in [6.07, 6.45) is 5.27. The SMILES string of the molecule is CCCc1cc(C(=O)O)cc(NCCCCC(C)C)n1. The molecule has 0 aromatic carbocycles. The summed E-state index contributed by atoms with van der Waals surface area (Å²) in [5, 5.41) is 12.4. The van der Waals surface area contributed by atoms with Crippen LogP contribution >= 0.6 is 0 Å². The molecule has 1 heterocycles. The highest BCUT2D eigenvalue weighted by Gasteiger charge is 2.08. The maximum atomic E-state index is 11.1. The molecule has 0 aliphatic carbocycles. The van der Waals surface area contributed by atoms with E-state index >= 15 is 0 Å². The zero-order valence-electron chi connectivity index (χ0n) is 12.8. The van der Waals surface area contributed by atoms with Crippen molar-refractivity contribution in [3.05, 3.63) is 23.4 Å². The molecule has 2 N–H and O–H groups in total. The average molecular weight is 278 g/mol. The van der Waals surface area contributed by atoms with Gasteiger partial charge in [-0.25, -0.2) is 9.78 Å². The molecule has 20 heavy (non-hydrogen) atoms. The van der Waals surface area contributed by atoms with Crippen LogP contribution in [0, 0.1) is 5.92 Å². The molecule has 0 radical (unpaired) electrons. The standard InChI is InChI=1S/C16H26N2O2/c1-4-7-14-10-13(16(19)20)11-15(18-14)17-9-6-5-8-12(2)3/h10-12H,4-9H2,1-3H3,(H,17,18)(H,19,20). The second-order valence-electron chi connectivity index (χ2n) is 5.60. The normalized spacial score (nSPS) is 10.8. The summed E-state index contributed by atoms with van der Waals surface area (Å²) in [5.74, 6) is 0.519. The van der Waals surface area contributed by atoms with E-state index in [9.17, 15) is 4.79 Å². The van der Waals surface area contributed by atoms with Gasteiger partial charge in [0.15, 0.2) is 0 Å². The zero-order chi connectivity index (χ0) is 15.0. The van der Waals surface area contributed by atoms with Crippen LogP contribution < -0.4 is 5.32 Å². The number of carbonyl (C=O) groups is 1. The summed E-state index contributed by atoms with van der Waals surface area (Å²) in [4.78, 5) is 15.6. The number of nitrogens with zero attached hydrogens (tertiary/aromatic N) is 1. The van der Waals surface area contributed by atoms with E-state index in [1.54, 1.807) is 12.1 Å². The molecule has 0 fully saturated rings. The van der Waals surface area contributed by atoms with Crippen LogP contribution in [0.15, 0.2) is 12.1 Å². The Morgan fingerprint density at radius 2 is 2.10 bits per heavy atom. The topological polar surface area (TPSA) is 62.2 Å². The highest BCUT2D eigenvalue weighted by molar-refractivity contribution is 5.88. The monoisotopic (exact) mass is 278 g/mol. The van der Waals surface area contributed by atoms with Crippen molar-refractivity contribution in [1.82, 2.24) is 4.98 Å². The highest BCUT2D eigenvalue weighted by Crippen LogP contribution is 2.13. The first kappa shape index (κ1) is 16.5. The first-order chi connectivity index (χ1) is 9.52. The summed E-state index contributed by atoms with van der Waals surface area (Å²) in [5.41, 5.74) is 1.16. The van der Waals surface area contributed by atoms with Gasteiger partial charge in [-0.05, 0) is 30.9 Å². The fraction of sp³-hybridized carbons (Fsp3) is 0.625. The molecule has 0 bridgehead atoms. The summed E-state index contributed by atoms with van der Waals surface area (Å²) in [6.45, 7) is 7.35. The van der Waals surface area contributed by atoms with Crippen LogP contribution in [0.3, 0.4) is 0 Å². The van der Waals surface area contributed by atoms with E-state index in [4.69, 9.17) is 5.11 Å². The van der Waals surface area contributed by atoms with Gasteiger partial charge in [0.05, 0.1) is 5.56 Å². The lowest BCUT2D eigenvalue weighted by Gasteiger charge is -2.09. The predicted octanol–water partition coefficient (Wildman–Crippen LogP) is 3.97. The fourth-order valence-electron chi connectivity index (χ4n) is 2.08. The van der Waals surface area contributed by atoms with Crippen molar-refractivity contribution in [2.45, 2.75) is 52.9 Å². The minimum absolute atomic E-state index is 0.313. The van der Waals surface area contributed by atoms with E-state index in [0.717, 1.165) is 37.4 Å². The first-order valence-corrected chi connectivity index (χ1v) is 7.51. The average Bonchev–Trinajstić information content (AvgIpc) is 2.38. The molecule has 0 aliphatic heterocycles. The molecule has 4 nitrogen and oxygen atoms in total. The Labute approximate surface area is 121 Å². The number of aryl methyl sites for hydroxylation is 1. The number of aromatic nitrogens is 1. The molecular weight excluding hydrogens is 252 g/mol. The van der Waals surface area contributed by atoms with Crippen LogP contribution in [-0.4, -0.2) is 22.6 Å². The van der Waals surface area contributed by atoms with Crippen LogP contribution in [0.25, 0.3) is 0 Å². The number of hydrogen-bond acceptors (Lipinski definition) is 3. The van der Waals surface area contributed by atoms with Gasteiger partial charge in [-0.1, -0.05) is 40.0 Å². The molecule has 112 valence electrons. The number of unbranched alkanes of at least 4 members (excludes halogenated alkanes) is 1. The third kappa shape index (κ3) is 6.04. The number of carboxylic acids is 1. The van der Waals surface area contributed by atoms with Gasteiger partial charge in [0, 0.05) is 12.2 Å². The van der Waals surface area contributed by atoms with Gasteiger partial charge in [0.2, 0.25) is 0 Å². The Morgan fingerprint density at radius 1 is 1.35 bits per heavy atom. The molecule has 4 heteroatoms. The van der Waals surface area contributed by atoms with E-state index < -0.39 is 5.97 Å². The number of rotatable bonds is 9. The molecule has 0 aliphatic rings. The third-order valence-corrected chi connectivity index (χ3v) is 3.15. The van der Waals surface area contributed by atoms with Crippen molar-refractivity contribution in [3.63, 3.8) is 0 Å². The number of hydrogen-bond donors (Lipinski definition) is 2. The van der Waals surface area contributed by atoms with Gasteiger partial charge in [-0.3, -0.25) is 0 Å². The van der Waals surface area contributed by atoms with Crippen molar-refractivity contribution in [3.8, 4) is 0 Å². The number of carboxylic acid groups (broad SMARTS) is 1. The molecule has 1 rings (SSSR count). The zero-order valence-corrected chi connectivity index (χ0v) is 12.8. The van der Waals surface area contributed by atoms with Crippen molar-refractivity contribution in [2.24, 2.45) is 5.92 Å². The first-order valence-electron chi connectivity index (χ1n) is 7.51. The van der Waals surface area contributed by atoms with Gasteiger partial charge >= 0.3 is 5.97 Å². The second-order valence-corrected chi connectivity index (χ2v) is 5.60. The van der Waals surface area contributed by atoms with E-state index in [2.05, 4.69) is 31.1 Å². The molecule has 0 amide bonds. The summed E-state index contributed by atoms with van der Waals surface area (Å²) >= 11 is 0. The number of pyridine rings is 1. The summed E-state index contributed by atoms with van der Waals surface area (Å²) < 4.78 is 0. The maximum Gasteiger partial charge on any atom is 0.335 e. The molecule has 0 unspecified atom stereocenters. The Bertz CT molecular complexity index is 430. The van der Waals surface area contributed by atoms with Crippen LogP contribution in [0.2, 0.25) is 0 Å². The van der Waals surface area contributed by atoms with Crippen molar-refractivity contribution < 1.29 is 9.90 Å². The largest absolute Gasteiger partial charge is 0.478 e. The minimum Gasteiger partial charge on any atom is -0.478 e. The maximum absolute atomic E-state index is 11.1. The van der Waals surface area contributed by atoms with Crippen LogP contribution in [0.5, 0.6) is 0 Å². The van der Waals surface area contributed by atoms with Gasteiger partial charge in [-0.2, -0.15) is 0 Å². The number of nitrogens with one attached hydrogen (secondary N) is 1. The van der Waals surface area contributed by atoms with Crippen LogP contribution in [-0.2, 0) is 6.42 Å². The minimum atomic E-state index is -0.896. The second kappa shape index (κ2) is 8.56. The van der Waals surface area contributed by atoms with Gasteiger partial charge < -0.3 is 10.4 Å². The highest BCUT2D eigenvalue weighted by atomic mass is 16.4. The lowest BCUT2D eigenvalue weighted by atomic mass is 10.1. The van der Waals surface area contributed by atoms with Crippen molar-refractivity contribution in [2.75, 3.05) is 11.9 Å². The Kier molecular flexibility index (Phi) is 7.05. The van der Waals surface area contributed by atoms with Gasteiger partial charge in [-0.15, -0.1) is 0 Å². The summed E-state index contributed by atoms with van der Waals surface area (Å²) in [7, 11) is 0. The van der Waals surface area contributed by atoms with Crippen molar-refractivity contribution in [1.29, 1.82) is 0 Å². The molecule has 0 saturated carbocycles. The van der Waals surface area contributed by atoms with Crippen molar-refractivity contribution >= 4 is 11.8 Å². The third-order valence-electron chi connectivity index (χ3n) is 3.15. The smallest absolute Gasteiger partial charge is 0.335 e. The van der Waals surface area contributed by atoms with Crippen LogP contribution in [0.4, 0.5) is 5.82 Å². The van der Waals surface area contributed by atoms with E-state index in [1.165, 1.54) is 12.8 Å². The Morgan fingerprint density at radius 3 is 2.70 bits per heavy atom. The quantitative estimate of drug-likeness (QED) is 0.671. The number of aromatic carboxylic acids is 1. The van der Waals surface area contributed by atoms with E-state index in [1.807, 2.05) is 0 Å². The van der Waals surface area contributed by atoms with E-state index in [-0.39, 0.29) is 0 Å². The number of anilines is 1. The molecule has 0 atom stereocenters. The van der Waals surface area contributed by atoms with Gasteiger partial charge in [0.25, 0.3) is 0 Å². The fourth-order valence-corrected chi connectivity index (χ4v) is 2.08. The Hall–Kier alpha value is -1.58. The van der Waals surface area contributed by atoms with Crippen LogP contribution in [0.1, 0.15) is 62.5 Å². The van der Waals surface area contributed by atoms with Gasteiger partial charge in [0.1, 0.15) is 5.82 Å². The molecule has 0 saturated heterocycles. The molecule has 0 spiro atoms.